The molecule has 1 fully saturated rings. The Morgan fingerprint density at radius 3 is 2.89 bits per heavy atom. The number of carbonyl (C=O) groups is 2. The van der Waals surface area contributed by atoms with E-state index in [0.717, 1.165) is 32.0 Å². The fourth-order valence-electron chi connectivity index (χ4n) is 2.67. The number of nitrogens with one attached hydrogen (secondary N) is 1. The molecule has 0 bridgehead atoms. The molecule has 0 unspecified atom stereocenters. The van der Waals surface area contributed by atoms with E-state index in [4.69, 9.17) is 10.5 Å². The largest absolute Gasteiger partial charge is 0.425 e. The van der Waals surface area contributed by atoms with Crippen LogP contribution in [-0.2, 0) is 9.59 Å². The van der Waals surface area contributed by atoms with Crippen LogP contribution >= 0.6 is 11.8 Å². The smallest absolute Gasteiger partial charge is 0.328 e. The second-order valence-electron chi connectivity index (χ2n) is 6.95. The fraction of sp³-hybridized carbons (Fsp3) is 0.421. The normalized spacial score (nSPS) is 19.9. The van der Waals surface area contributed by atoms with Crippen molar-refractivity contribution < 1.29 is 18.7 Å². The lowest BCUT2D eigenvalue weighted by Gasteiger charge is -2.28. The molecule has 0 radical (unpaired) electrons. The number of hydrazine groups is 1. The van der Waals surface area contributed by atoms with Crippen LogP contribution in [0.25, 0.3) is 6.08 Å². The Hall–Kier alpha value is -2.23. The summed E-state index contributed by atoms with van der Waals surface area (Å²) in [5.74, 6) is -1.69. The van der Waals surface area contributed by atoms with E-state index in [9.17, 15) is 14.0 Å². The summed E-state index contributed by atoms with van der Waals surface area (Å²) in [6.07, 6.45) is 3.65. The minimum Gasteiger partial charge on any atom is -0.425 e. The van der Waals surface area contributed by atoms with E-state index in [-0.39, 0.29) is 17.6 Å². The molecule has 1 amide bonds. The molecule has 2 heterocycles. The van der Waals surface area contributed by atoms with Crippen LogP contribution in [0.4, 0.5) is 4.39 Å². The third kappa shape index (κ3) is 4.78. The summed E-state index contributed by atoms with van der Waals surface area (Å²) in [5, 5.41) is 2.44. The summed E-state index contributed by atoms with van der Waals surface area (Å²) in [4.78, 5) is 28.9. The van der Waals surface area contributed by atoms with Gasteiger partial charge >= 0.3 is 5.97 Å². The van der Waals surface area contributed by atoms with Crippen molar-refractivity contribution >= 4 is 34.9 Å². The number of hydrogen-bond acceptors (Lipinski definition) is 7. The van der Waals surface area contributed by atoms with Crippen molar-refractivity contribution in [1.82, 2.24) is 10.4 Å². The zero-order valence-corrected chi connectivity index (χ0v) is 16.6. The first-order valence-electron chi connectivity index (χ1n) is 9.15. The minimum absolute atomic E-state index is 0.0200. The van der Waals surface area contributed by atoms with Gasteiger partial charge in [-0.05, 0) is 48.7 Å². The van der Waals surface area contributed by atoms with E-state index in [1.165, 1.54) is 23.9 Å². The highest BCUT2D eigenvalue weighted by Gasteiger charge is 2.28. The number of rotatable bonds is 4. The summed E-state index contributed by atoms with van der Waals surface area (Å²) in [5.41, 5.74) is 9.42. The SMILES string of the molecule is CC(C)[C@@H](N)C(=O)Oc1cc(F)ccc1C=C1SC(N2CCCCN2)=NC1=O. The van der Waals surface area contributed by atoms with Crippen molar-refractivity contribution in [3.63, 3.8) is 0 Å². The molecule has 28 heavy (non-hydrogen) atoms. The van der Waals surface area contributed by atoms with Gasteiger partial charge in [0.05, 0.1) is 4.91 Å². The van der Waals surface area contributed by atoms with Gasteiger partial charge in [0.15, 0.2) is 5.17 Å². The molecule has 9 heteroatoms. The molecule has 150 valence electrons. The van der Waals surface area contributed by atoms with Crippen LogP contribution in [0.3, 0.4) is 0 Å². The predicted octanol–water partition coefficient (Wildman–Crippen LogP) is 2.29. The number of amidine groups is 1. The van der Waals surface area contributed by atoms with Gasteiger partial charge in [0.25, 0.3) is 5.91 Å². The molecule has 0 aliphatic carbocycles. The number of carbonyl (C=O) groups excluding carboxylic acids is 2. The van der Waals surface area contributed by atoms with Gasteiger partial charge in [0, 0.05) is 24.7 Å². The Labute approximate surface area is 167 Å². The van der Waals surface area contributed by atoms with Gasteiger partial charge in [-0.25, -0.2) is 14.6 Å². The van der Waals surface area contributed by atoms with Crippen molar-refractivity contribution in [1.29, 1.82) is 0 Å². The molecular weight excluding hydrogens is 383 g/mol. The maximum atomic E-state index is 13.7. The number of ether oxygens (including phenoxy) is 1. The van der Waals surface area contributed by atoms with Crippen LogP contribution in [-0.4, -0.2) is 41.2 Å². The van der Waals surface area contributed by atoms with Crippen molar-refractivity contribution in [2.75, 3.05) is 13.1 Å². The highest BCUT2D eigenvalue weighted by Crippen LogP contribution is 2.33. The average Bonchev–Trinajstić information content (AvgIpc) is 3.04. The number of nitrogens with zero attached hydrogens (tertiary/aromatic N) is 2. The zero-order valence-electron chi connectivity index (χ0n) is 15.8. The van der Waals surface area contributed by atoms with Crippen LogP contribution < -0.4 is 15.9 Å². The topological polar surface area (TPSA) is 97.0 Å². The van der Waals surface area contributed by atoms with Crippen LogP contribution in [0.1, 0.15) is 32.3 Å². The lowest BCUT2D eigenvalue weighted by Crippen LogP contribution is -2.45. The summed E-state index contributed by atoms with van der Waals surface area (Å²) in [6.45, 7) is 5.20. The van der Waals surface area contributed by atoms with E-state index in [1.54, 1.807) is 19.9 Å². The monoisotopic (exact) mass is 406 g/mol. The molecule has 3 rings (SSSR count). The maximum absolute atomic E-state index is 13.7. The predicted molar refractivity (Wildman–Crippen MR) is 107 cm³/mol. The summed E-state index contributed by atoms with van der Waals surface area (Å²) in [6, 6.07) is 2.97. The van der Waals surface area contributed by atoms with Gasteiger partial charge in [-0.3, -0.25) is 9.80 Å². The van der Waals surface area contributed by atoms with Crippen LogP contribution in [0.5, 0.6) is 5.75 Å². The molecule has 0 saturated carbocycles. The molecule has 2 aliphatic heterocycles. The van der Waals surface area contributed by atoms with Gasteiger partial charge < -0.3 is 10.5 Å². The molecule has 0 spiro atoms. The number of benzene rings is 1. The van der Waals surface area contributed by atoms with E-state index in [2.05, 4.69) is 10.4 Å². The second kappa shape index (κ2) is 8.85. The van der Waals surface area contributed by atoms with Crippen molar-refractivity contribution in [2.45, 2.75) is 32.7 Å². The molecule has 1 aromatic rings. The van der Waals surface area contributed by atoms with Gasteiger partial charge in [-0.15, -0.1) is 0 Å². The third-order valence-corrected chi connectivity index (χ3v) is 5.42. The van der Waals surface area contributed by atoms with Crippen LogP contribution in [0, 0.1) is 11.7 Å². The molecule has 3 N–H and O–H groups in total. The molecule has 2 aliphatic rings. The Morgan fingerprint density at radius 1 is 1.43 bits per heavy atom. The highest BCUT2D eigenvalue weighted by atomic mass is 32.2. The lowest BCUT2D eigenvalue weighted by molar-refractivity contribution is -0.136. The fourth-order valence-corrected chi connectivity index (χ4v) is 3.58. The van der Waals surface area contributed by atoms with Crippen molar-refractivity contribution in [3.8, 4) is 5.75 Å². The van der Waals surface area contributed by atoms with Gasteiger partial charge in [0.2, 0.25) is 0 Å². The van der Waals surface area contributed by atoms with Gasteiger partial charge in [0.1, 0.15) is 17.6 Å². The number of aliphatic imine (C=N–C) groups is 1. The summed E-state index contributed by atoms with van der Waals surface area (Å²) >= 11 is 1.23. The number of hydrogen-bond donors (Lipinski definition) is 2. The molecule has 7 nitrogen and oxygen atoms in total. The molecule has 1 atom stereocenters. The first-order chi connectivity index (χ1) is 13.3. The zero-order chi connectivity index (χ0) is 20.3. The Kier molecular flexibility index (Phi) is 6.48. The summed E-state index contributed by atoms with van der Waals surface area (Å²) < 4.78 is 19.0. The molecule has 1 aromatic carbocycles. The third-order valence-electron chi connectivity index (χ3n) is 4.41. The van der Waals surface area contributed by atoms with E-state index >= 15 is 0 Å². The minimum atomic E-state index is -0.827. The number of amides is 1. The van der Waals surface area contributed by atoms with E-state index < -0.39 is 17.8 Å². The Balaban J connectivity index is 1.80. The molecule has 1 saturated heterocycles. The number of nitrogens with two attached hydrogens (primary N) is 1. The van der Waals surface area contributed by atoms with E-state index in [0.29, 0.717) is 15.6 Å². The van der Waals surface area contributed by atoms with Crippen LogP contribution in [0.15, 0.2) is 28.1 Å². The van der Waals surface area contributed by atoms with Gasteiger partial charge in [-0.2, -0.15) is 4.99 Å². The number of halogens is 1. The number of thioether (sulfide) groups is 1. The maximum Gasteiger partial charge on any atom is 0.328 e. The first-order valence-corrected chi connectivity index (χ1v) is 9.97. The van der Waals surface area contributed by atoms with Crippen LogP contribution in [0.2, 0.25) is 0 Å². The second-order valence-corrected chi connectivity index (χ2v) is 7.96. The Bertz CT molecular complexity index is 834. The first kappa shape index (κ1) is 20.5. The Morgan fingerprint density at radius 2 is 2.21 bits per heavy atom. The quantitative estimate of drug-likeness (QED) is 0.450. The van der Waals surface area contributed by atoms with Gasteiger partial charge in [-0.1, -0.05) is 13.8 Å². The van der Waals surface area contributed by atoms with Crippen molar-refractivity contribution in [2.24, 2.45) is 16.6 Å². The van der Waals surface area contributed by atoms with Crippen molar-refractivity contribution in [3.05, 3.63) is 34.5 Å². The summed E-state index contributed by atoms with van der Waals surface area (Å²) in [7, 11) is 0. The highest BCUT2D eigenvalue weighted by molar-refractivity contribution is 8.18. The van der Waals surface area contributed by atoms with E-state index in [1.807, 2.05) is 5.01 Å². The molecular formula is C19H23FN4O3S. The molecule has 0 aromatic heterocycles. The lowest BCUT2D eigenvalue weighted by atomic mass is 10.1. The standard InChI is InChI=1S/C19H23FN4O3S/c1-11(2)16(21)18(26)27-14-10-13(20)6-5-12(14)9-15-17(25)23-19(28-15)24-8-4-3-7-22-24/h5-6,9-11,16,22H,3-4,7-8,21H2,1-2H3/t16-/m1/s1. The average molecular weight is 406 g/mol. The number of esters is 1.